The molecule has 2 aromatic carbocycles. The second-order valence-corrected chi connectivity index (χ2v) is 10.1. The minimum atomic E-state index is -2.87. The number of aromatic nitrogens is 1. The third-order valence-corrected chi connectivity index (χ3v) is 7.22. The van der Waals surface area contributed by atoms with Crippen LogP contribution in [0.3, 0.4) is 0 Å². The van der Waals surface area contributed by atoms with Gasteiger partial charge in [-0.25, -0.2) is 13.4 Å². The third kappa shape index (κ3) is 5.09. The lowest BCUT2D eigenvalue weighted by Crippen LogP contribution is -2.39. The van der Waals surface area contributed by atoms with Gasteiger partial charge < -0.3 is 0 Å². The monoisotopic (exact) mass is 427 g/mol. The molecule has 8 heteroatoms. The van der Waals surface area contributed by atoms with Gasteiger partial charge in [-0.3, -0.25) is 15.0 Å². The number of sulfone groups is 1. The molecule has 0 aliphatic carbocycles. The molecule has 150 valence electrons. The molecule has 1 N–H and O–H groups in total. The van der Waals surface area contributed by atoms with E-state index >= 15 is 0 Å². The molecule has 4 rings (SSSR count). The summed E-state index contributed by atoms with van der Waals surface area (Å²) in [5, 5.41) is 5.34. The van der Waals surface area contributed by atoms with Crippen molar-refractivity contribution in [1.82, 2.24) is 9.88 Å². The Balaban J connectivity index is 1.35. The van der Waals surface area contributed by atoms with Crippen LogP contribution in [-0.4, -0.2) is 48.8 Å². The maximum atomic E-state index is 12.5. The zero-order chi connectivity index (χ0) is 20.3. The molecule has 1 aromatic heterocycles. The number of anilines is 1. The second-order valence-electron chi connectivity index (χ2n) is 6.98. The molecule has 1 fully saturated rings. The molecule has 1 aliphatic heterocycles. The van der Waals surface area contributed by atoms with Crippen molar-refractivity contribution in [3.05, 3.63) is 71.1 Å². The molecule has 2 heterocycles. The number of nitrogens with one attached hydrogen (secondary N) is 1. The molecule has 29 heavy (non-hydrogen) atoms. The van der Waals surface area contributed by atoms with E-state index in [0.29, 0.717) is 30.3 Å². The average Bonchev–Trinajstić information content (AvgIpc) is 3.19. The fourth-order valence-electron chi connectivity index (χ4n) is 3.17. The van der Waals surface area contributed by atoms with Crippen LogP contribution in [0.5, 0.6) is 0 Å². The minimum absolute atomic E-state index is 0.199. The first kappa shape index (κ1) is 19.8. The third-order valence-electron chi connectivity index (χ3n) is 4.85. The van der Waals surface area contributed by atoms with Crippen molar-refractivity contribution >= 4 is 32.2 Å². The molecular formula is C21H21N3O3S2. The number of hydrogen-bond donors (Lipinski definition) is 1. The average molecular weight is 428 g/mol. The lowest BCUT2D eigenvalue weighted by Gasteiger charge is -2.26. The lowest BCUT2D eigenvalue weighted by molar-refractivity contribution is 0.102. The van der Waals surface area contributed by atoms with E-state index in [1.165, 1.54) is 11.3 Å². The summed E-state index contributed by atoms with van der Waals surface area (Å²) in [5.41, 5.74) is 3.47. The molecule has 3 aromatic rings. The number of hydrogen-bond acceptors (Lipinski definition) is 6. The Morgan fingerprint density at radius 2 is 1.72 bits per heavy atom. The van der Waals surface area contributed by atoms with E-state index in [2.05, 4.69) is 15.2 Å². The van der Waals surface area contributed by atoms with E-state index in [-0.39, 0.29) is 17.4 Å². The van der Waals surface area contributed by atoms with Crippen molar-refractivity contribution in [2.75, 3.05) is 29.9 Å². The van der Waals surface area contributed by atoms with Crippen LogP contribution < -0.4 is 5.32 Å². The van der Waals surface area contributed by atoms with Gasteiger partial charge in [0.25, 0.3) is 5.91 Å². The zero-order valence-electron chi connectivity index (χ0n) is 15.7. The highest BCUT2D eigenvalue weighted by atomic mass is 32.2. The fraction of sp³-hybridized carbons (Fsp3) is 0.238. The normalized spacial score (nSPS) is 16.4. The summed E-state index contributed by atoms with van der Waals surface area (Å²) in [5.74, 6) is 0.230. The van der Waals surface area contributed by atoms with Crippen LogP contribution in [0.1, 0.15) is 15.9 Å². The van der Waals surface area contributed by atoms with Gasteiger partial charge in [-0.15, -0.1) is 11.3 Å². The van der Waals surface area contributed by atoms with Crippen molar-refractivity contribution in [1.29, 1.82) is 0 Å². The van der Waals surface area contributed by atoms with E-state index in [9.17, 15) is 13.2 Å². The molecule has 6 nitrogen and oxygen atoms in total. The first-order chi connectivity index (χ1) is 14.0. The van der Waals surface area contributed by atoms with Gasteiger partial charge >= 0.3 is 0 Å². The number of thiazole rings is 1. The van der Waals surface area contributed by atoms with Crippen LogP contribution in [0.2, 0.25) is 0 Å². The van der Waals surface area contributed by atoms with Crippen molar-refractivity contribution in [3.8, 4) is 11.3 Å². The SMILES string of the molecule is O=C(Nc1nc(-c2ccccc2)cs1)c1ccc(CN2CCS(=O)(=O)CC2)cc1. The van der Waals surface area contributed by atoms with Crippen molar-refractivity contribution in [2.24, 2.45) is 0 Å². The van der Waals surface area contributed by atoms with Crippen molar-refractivity contribution in [3.63, 3.8) is 0 Å². The Hall–Kier alpha value is -2.55. The van der Waals surface area contributed by atoms with E-state index in [0.717, 1.165) is 16.8 Å². The van der Waals surface area contributed by atoms with Crippen LogP contribution >= 0.6 is 11.3 Å². The van der Waals surface area contributed by atoms with Gasteiger partial charge in [0.1, 0.15) is 0 Å². The molecule has 0 saturated carbocycles. The number of carbonyl (C=O) groups is 1. The van der Waals surface area contributed by atoms with Crippen LogP contribution in [0, 0.1) is 0 Å². The summed E-state index contributed by atoms with van der Waals surface area (Å²) < 4.78 is 23.0. The topological polar surface area (TPSA) is 79.4 Å². The summed E-state index contributed by atoms with van der Waals surface area (Å²) in [7, 11) is -2.87. The van der Waals surface area contributed by atoms with E-state index in [1.54, 1.807) is 12.1 Å². The summed E-state index contributed by atoms with van der Waals surface area (Å²) in [6.45, 7) is 1.79. The predicted octanol–water partition coefficient (Wildman–Crippen LogP) is 3.29. The number of amides is 1. The van der Waals surface area contributed by atoms with Gasteiger partial charge in [0, 0.05) is 36.1 Å². The zero-order valence-corrected chi connectivity index (χ0v) is 17.4. The summed E-state index contributed by atoms with van der Waals surface area (Å²) in [6, 6.07) is 17.2. The smallest absolute Gasteiger partial charge is 0.257 e. The molecular weight excluding hydrogens is 406 g/mol. The highest BCUT2D eigenvalue weighted by molar-refractivity contribution is 7.91. The summed E-state index contributed by atoms with van der Waals surface area (Å²) in [4.78, 5) is 19.1. The van der Waals surface area contributed by atoms with Gasteiger partial charge in [-0.2, -0.15) is 0 Å². The van der Waals surface area contributed by atoms with Crippen molar-refractivity contribution in [2.45, 2.75) is 6.54 Å². The largest absolute Gasteiger partial charge is 0.298 e. The van der Waals surface area contributed by atoms with Gasteiger partial charge in [-0.05, 0) is 17.7 Å². The summed E-state index contributed by atoms with van der Waals surface area (Å²) >= 11 is 1.39. The fourth-order valence-corrected chi connectivity index (χ4v) is 5.16. The Bertz CT molecular complexity index is 1080. The number of rotatable bonds is 5. The highest BCUT2D eigenvalue weighted by Gasteiger charge is 2.21. The van der Waals surface area contributed by atoms with Gasteiger partial charge in [0.2, 0.25) is 0 Å². The van der Waals surface area contributed by atoms with Gasteiger partial charge in [0.15, 0.2) is 15.0 Å². The van der Waals surface area contributed by atoms with Crippen LogP contribution in [0.25, 0.3) is 11.3 Å². The van der Waals surface area contributed by atoms with Crippen LogP contribution in [0.15, 0.2) is 60.0 Å². The molecule has 0 atom stereocenters. The maximum Gasteiger partial charge on any atom is 0.257 e. The molecule has 0 bridgehead atoms. The van der Waals surface area contributed by atoms with Crippen LogP contribution in [0.4, 0.5) is 5.13 Å². The number of benzene rings is 2. The van der Waals surface area contributed by atoms with E-state index in [1.807, 2.05) is 47.8 Å². The Labute approximate surface area is 174 Å². The Kier molecular flexibility index (Phi) is 5.75. The quantitative estimate of drug-likeness (QED) is 0.676. The predicted molar refractivity (Wildman–Crippen MR) is 116 cm³/mol. The van der Waals surface area contributed by atoms with Crippen molar-refractivity contribution < 1.29 is 13.2 Å². The van der Waals surface area contributed by atoms with E-state index in [4.69, 9.17) is 0 Å². The second kappa shape index (κ2) is 8.44. The van der Waals surface area contributed by atoms with Crippen LogP contribution in [-0.2, 0) is 16.4 Å². The van der Waals surface area contributed by atoms with Gasteiger partial charge in [0.05, 0.1) is 17.2 Å². The van der Waals surface area contributed by atoms with E-state index < -0.39 is 9.84 Å². The summed E-state index contributed by atoms with van der Waals surface area (Å²) in [6.07, 6.45) is 0. The number of carbonyl (C=O) groups excluding carboxylic acids is 1. The molecule has 1 saturated heterocycles. The molecule has 0 unspecified atom stereocenters. The molecule has 0 spiro atoms. The highest BCUT2D eigenvalue weighted by Crippen LogP contribution is 2.25. The molecule has 1 amide bonds. The lowest BCUT2D eigenvalue weighted by atomic mass is 10.1. The molecule has 0 radical (unpaired) electrons. The Morgan fingerprint density at radius 3 is 2.41 bits per heavy atom. The van der Waals surface area contributed by atoms with Gasteiger partial charge in [-0.1, -0.05) is 42.5 Å². The molecule has 1 aliphatic rings. The maximum absolute atomic E-state index is 12.5. The first-order valence-electron chi connectivity index (χ1n) is 9.32. The standard InChI is InChI=1S/C21H21N3O3S2/c25-20(23-21-22-19(15-28-21)17-4-2-1-3-5-17)18-8-6-16(7-9-18)14-24-10-12-29(26,27)13-11-24/h1-9,15H,10-14H2,(H,22,23,25). The minimum Gasteiger partial charge on any atom is -0.298 e. The first-order valence-corrected chi connectivity index (χ1v) is 12.0. The Morgan fingerprint density at radius 1 is 1.03 bits per heavy atom. The number of nitrogens with zero attached hydrogens (tertiary/aromatic N) is 2.